The first kappa shape index (κ1) is 30.8. The number of carbonyl (C=O) groups is 1. The van der Waals surface area contributed by atoms with Gasteiger partial charge in [0, 0.05) is 12.5 Å². The number of ether oxygens (including phenoxy) is 3. The summed E-state index contributed by atoms with van der Waals surface area (Å²) < 4.78 is 25.8. The Hall–Kier alpha value is -0.693. The van der Waals surface area contributed by atoms with Crippen molar-refractivity contribution in [1.29, 1.82) is 0 Å². The van der Waals surface area contributed by atoms with E-state index >= 15 is 0 Å². The van der Waals surface area contributed by atoms with Crippen molar-refractivity contribution in [3.8, 4) is 0 Å². The Balaban J connectivity index is 1.41. The van der Waals surface area contributed by atoms with Crippen LogP contribution >= 0.6 is 0 Å². The third-order valence-corrected chi connectivity index (χ3v) is 17.5. The first-order chi connectivity index (χ1) is 18.4. The molecule has 40 heavy (non-hydrogen) atoms. The van der Waals surface area contributed by atoms with Gasteiger partial charge in [0.15, 0.2) is 14.1 Å². The second-order valence-electron chi connectivity index (χ2n) is 16.6. The highest BCUT2D eigenvalue weighted by atomic mass is 28.4. The van der Waals surface area contributed by atoms with Crippen LogP contribution in [0.25, 0.3) is 0 Å². The molecule has 4 aliphatic carbocycles. The molecular weight excluding hydrogens is 516 g/mol. The minimum absolute atomic E-state index is 0.100. The van der Waals surface area contributed by atoms with Gasteiger partial charge >= 0.3 is 5.97 Å². The molecule has 4 unspecified atom stereocenters. The van der Waals surface area contributed by atoms with Gasteiger partial charge in [0.05, 0.1) is 19.3 Å². The van der Waals surface area contributed by atoms with Crippen molar-refractivity contribution in [2.45, 2.75) is 149 Å². The molecule has 1 heterocycles. The minimum Gasteiger partial charge on any atom is -0.469 e. The van der Waals surface area contributed by atoms with E-state index in [-0.39, 0.29) is 34.0 Å². The summed E-state index contributed by atoms with van der Waals surface area (Å²) in [7, 11) is -0.348. The van der Waals surface area contributed by atoms with Gasteiger partial charge in [0.2, 0.25) is 0 Å². The van der Waals surface area contributed by atoms with Gasteiger partial charge in [0.1, 0.15) is 0 Å². The number of methoxy groups -OCH3 is 1. The average molecular weight is 575 g/mol. The van der Waals surface area contributed by atoms with Crippen LogP contribution in [0.2, 0.25) is 18.1 Å². The molecule has 0 bridgehead atoms. The van der Waals surface area contributed by atoms with E-state index in [4.69, 9.17) is 18.6 Å². The Kier molecular flexibility index (Phi) is 7.84. The zero-order chi connectivity index (χ0) is 29.5. The van der Waals surface area contributed by atoms with E-state index in [2.05, 4.69) is 74.6 Å². The SMILES string of the molecule is COC(=O)CC[C@@H](C)C1=CCC2C3C(CC[C@]12C)[C@@]1(C)CC[C@@H](O[Si](C)(C)C(C)(C)C)CC1[C@H]1OC(C)(C)O[C@H]31. The van der Waals surface area contributed by atoms with E-state index in [1.54, 1.807) is 5.57 Å². The molecule has 5 nitrogen and oxygen atoms in total. The Bertz CT molecular complexity index is 1010. The lowest BCUT2D eigenvalue weighted by molar-refractivity contribution is -0.183. The molecule has 10 atom stereocenters. The van der Waals surface area contributed by atoms with E-state index in [9.17, 15) is 4.79 Å². The van der Waals surface area contributed by atoms with Gasteiger partial charge in [-0.1, -0.05) is 53.2 Å². The summed E-state index contributed by atoms with van der Waals surface area (Å²) in [6.45, 7) is 23.5. The molecule has 0 aromatic carbocycles. The van der Waals surface area contributed by atoms with Gasteiger partial charge in [0.25, 0.3) is 0 Å². The average Bonchev–Trinajstić information content (AvgIpc) is 3.37. The van der Waals surface area contributed by atoms with E-state index in [0.717, 1.165) is 19.3 Å². The Morgan fingerprint density at radius 2 is 1.73 bits per heavy atom. The standard InChI is InChI=1S/C34H58O5Si/c1-21(12-15-27(35)36-9)23-13-14-24-28-25(17-19-33(23,24)7)34(8)18-16-22(39-40(10,11)31(2,3)4)20-26(34)29-30(28)38-32(5,6)37-29/h13,21-22,24-26,28-30H,12,14-20H2,1-11H3/t21-,22-,24?,25?,26?,28?,29-,30-,33-,34-/m1/s1. The molecule has 228 valence electrons. The van der Waals surface area contributed by atoms with E-state index in [1.165, 1.54) is 32.8 Å². The summed E-state index contributed by atoms with van der Waals surface area (Å²) in [6.07, 6.45) is 11.6. The summed E-state index contributed by atoms with van der Waals surface area (Å²) in [6, 6.07) is 0. The van der Waals surface area contributed by atoms with Crippen molar-refractivity contribution >= 4 is 14.3 Å². The van der Waals surface area contributed by atoms with Crippen molar-refractivity contribution in [2.24, 2.45) is 40.4 Å². The molecule has 1 aliphatic heterocycles. The number of allylic oxidation sites excluding steroid dienone is 2. The molecule has 0 spiro atoms. The molecular formula is C34H58O5Si. The summed E-state index contributed by atoms with van der Waals surface area (Å²) in [5.74, 6) is 1.96. The number of fused-ring (bicyclic) bond motifs is 8. The topological polar surface area (TPSA) is 54.0 Å². The fourth-order valence-electron chi connectivity index (χ4n) is 9.81. The Morgan fingerprint density at radius 1 is 1.05 bits per heavy atom. The van der Waals surface area contributed by atoms with Crippen molar-refractivity contribution in [3.05, 3.63) is 11.6 Å². The predicted molar refractivity (Wildman–Crippen MR) is 162 cm³/mol. The normalized spacial score (nSPS) is 43.2. The lowest BCUT2D eigenvalue weighted by atomic mass is 9.43. The van der Waals surface area contributed by atoms with Gasteiger partial charge in [-0.3, -0.25) is 4.79 Å². The van der Waals surface area contributed by atoms with Gasteiger partial charge in [-0.2, -0.15) is 0 Å². The maximum Gasteiger partial charge on any atom is 0.305 e. The first-order valence-corrected chi connectivity index (χ1v) is 19.2. The largest absolute Gasteiger partial charge is 0.469 e. The van der Waals surface area contributed by atoms with Crippen LogP contribution in [0.3, 0.4) is 0 Å². The molecule has 3 saturated carbocycles. The van der Waals surface area contributed by atoms with Crippen molar-refractivity contribution in [3.63, 3.8) is 0 Å². The Morgan fingerprint density at radius 3 is 2.38 bits per heavy atom. The number of hydrogen-bond acceptors (Lipinski definition) is 5. The quantitative estimate of drug-likeness (QED) is 0.181. The van der Waals surface area contributed by atoms with Crippen LogP contribution < -0.4 is 0 Å². The van der Waals surface area contributed by atoms with Crippen molar-refractivity contribution < 1.29 is 23.4 Å². The molecule has 4 fully saturated rings. The smallest absolute Gasteiger partial charge is 0.305 e. The highest BCUT2D eigenvalue weighted by Gasteiger charge is 2.68. The van der Waals surface area contributed by atoms with Crippen molar-refractivity contribution in [1.82, 2.24) is 0 Å². The maximum absolute atomic E-state index is 11.9. The lowest BCUT2D eigenvalue weighted by Gasteiger charge is -2.63. The summed E-state index contributed by atoms with van der Waals surface area (Å²) in [4.78, 5) is 11.9. The van der Waals surface area contributed by atoms with Crippen LogP contribution in [0, 0.1) is 40.4 Å². The monoisotopic (exact) mass is 574 g/mol. The zero-order valence-corrected chi connectivity index (χ0v) is 28.4. The van der Waals surface area contributed by atoms with Crippen LogP contribution in [-0.4, -0.2) is 45.5 Å². The van der Waals surface area contributed by atoms with E-state index in [0.29, 0.717) is 42.1 Å². The number of esters is 1. The molecule has 0 amide bonds. The minimum atomic E-state index is -1.84. The van der Waals surface area contributed by atoms with Crippen LogP contribution in [0.15, 0.2) is 11.6 Å². The third-order valence-electron chi connectivity index (χ3n) is 12.9. The number of hydrogen-bond donors (Lipinski definition) is 0. The molecule has 5 rings (SSSR count). The molecule has 0 radical (unpaired) electrons. The highest BCUT2D eigenvalue weighted by molar-refractivity contribution is 6.74. The fourth-order valence-corrected chi connectivity index (χ4v) is 11.2. The zero-order valence-electron chi connectivity index (χ0n) is 27.4. The molecule has 0 N–H and O–H groups in total. The number of carbonyl (C=O) groups excluding carboxylic acids is 1. The van der Waals surface area contributed by atoms with Crippen LogP contribution in [0.4, 0.5) is 0 Å². The summed E-state index contributed by atoms with van der Waals surface area (Å²) in [5.41, 5.74) is 2.00. The van der Waals surface area contributed by atoms with Crippen LogP contribution in [-0.2, 0) is 23.4 Å². The third kappa shape index (κ3) is 4.99. The molecule has 1 saturated heterocycles. The molecule has 0 aromatic rings. The molecule has 5 aliphatic rings. The van der Waals surface area contributed by atoms with E-state index in [1.807, 2.05) is 0 Å². The van der Waals surface area contributed by atoms with Gasteiger partial charge in [-0.15, -0.1) is 0 Å². The molecule has 6 heteroatoms. The summed E-state index contributed by atoms with van der Waals surface area (Å²) >= 11 is 0. The van der Waals surface area contributed by atoms with Gasteiger partial charge in [-0.25, -0.2) is 0 Å². The molecule has 0 aromatic heterocycles. The lowest BCUT2D eigenvalue weighted by Crippen LogP contribution is -2.63. The highest BCUT2D eigenvalue weighted by Crippen LogP contribution is 2.69. The van der Waals surface area contributed by atoms with Crippen LogP contribution in [0.1, 0.15) is 107 Å². The summed E-state index contributed by atoms with van der Waals surface area (Å²) in [5, 5.41) is 0.220. The van der Waals surface area contributed by atoms with Crippen molar-refractivity contribution in [2.75, 3.05) is 7.11 Å². The second-order valence-corrected chi connectivity index (χ2v) is 21.4. The predicted octanol–water partition coefficient (Wildman–Crippen LogP) is 8.29. The second kappa shape index (κ2) is 10.2. The van der Waals surface area contributed by atoms with Crippen LogP contribution in [0.5, 0.6) is 0 Å². The van der Waals surface area contributed by atoms with E-state index < -0.39 is 14.1 Å². The van der Waals surface area contributed by atoms with Gasteiger partial charge in [-0.05, 0) is 117 Å². The Labute approximate surface area is 245 Å². The fraction of sp³-hybridized carbons (Fsp3) is 0.912. The van der Waals surface area contributed by atoms with Gasteiger partial charge < -0.3 is 18.6 Å². The first-order valence-electron chi connectivity index (χ1n) is 16.2. The maximum atomic E-state index is 11.9. The number of rotatable bonds is 6.